The van der Waals surface area contributed by atoms with E-state index >= 15 is 0 Å². The van der Waals surface area contributed by atoms with Crippen LogP contribution in [0.25, 0.3) is 0 Å². The molecule has 0 saturated heterocycles. The Morgan fingerprint density at radius 3 is 3.15 bits per heavy atom. The Bertz CT molecular complexity index is 274. The van der Waals surface area contributed by atoms with Crippen LogP contribution >= 0.6 is 27.3 Å². The number of hydrogen-bond acceptors (Lipinski definition) is 3. The average Bonchev–Trinajstić information content (AvgIpc) is 2.61. The average molecular weight is 263 g/mol. The van der Waals surface area contributed by atoms with Crippen LogP contribution in [0.4, 0.5) is 0 Å². The van der Waals surface area contributed by atoms with Crippen LogP contribution in [-0.2, 0) is 0 Å². The molecule has 2 rings (SSSR count). The van der Waals surface area contributed by atoms with Gasteiger partial charge in [0.2, 0.25) is 0 Å². The van der Waals surface area contributed by atoms with E-state index in [9.17, 15) is 0 Å². The summed E-state index contributed by atoms with van der Waals surface area (Å²) in [6, 6.07) is 0. The molecular formula is C9H11BrO2S. The summed E-state index contributed by atoms with van der Waals surface area (Å²) >= 11 is 5.03. The highest BCUT2D eigenvalue weighted by atomic mass is 79.9. The van der Waals surface area contributed by atoms with E-state index < -0.39 is 0 Å². The van der Waals surface area contributed by atoms with Gasteiger partial charge in [-0.05, 0) is 12.8 Å². The molecule has 1 aliphatic heterocycles. The van der Waals surface area contributed by atoms with Crippen molar-refractivity contribution in [2.45, 2.75) is 18.9 Å². The highest BCUT2D eigenvalue weighted by Gasteiger charge is 2.20. The zero-order valence-electron chi connectivity index (χ0n) is 7.16. The molecule has 2 nitrogen and oxygen atoms in total. The molecule has 0 fully saturated rings. The molecule has 1 aromatic heterocycles. The van der Waals surface area contributed by atoms with E-state index in [-0.39, 0.29) is 6.10 Å². The molecule has 72 valence electrons. The van der Waals surface area contributed by atoms with Crippen LogP contribution in [0, 0.1) is 0 Å². The number of rotatable bonds is 3. The van der Waals surface area contributed by atoms with Crippen molar-refractivity contribution in [3.8, 4) is 11.5 Å². The van der Waals surface area contributed by atoms with Crippen LogP contribution in [0.1, 0.15) is 12.8 Å². The molecule has 0 saturated carbocycles. The normalized spacial score (nSPS) is 20.2. The number of alkyl halides is 1. The second-order valence-electron chi connectivity index (χ2n) is 2.98. The third-order valence-corrected chi connectivity index (χ3v) is 3.23. The van der Waals surface area contributed by atoms with E-state index in [1.165, 1.54) is 0 Å². The minimum absolute atomic E-state index is 0.236. The van der Waals surface area contributed by atoms with E-state index in [1.807, 2.05) is 10.8 Å². The fraction of sp³-hybridized carbons (Fsp3) is 0.556. The summed E-state index contributed by atoms with van der Waals surface area (Å²) in [5, 5.41) is 5.01. The summed E-state index contributed by atoms with van der Waals surface area (Å²) in [6.07, 6.45) is 2.42. The van der Waals surface area contributed by atoms with Gasteiger partial charge >= 0.3 is 0 Å². The lowest BCUT2D eigenvalue weighted by atomic mass is 10.2. The van der Waals surface area contributed by atoms with Gasteiger partial charge in [-0.25, -0.2) is 0 Å². The molecular weight excluding hydrogens is 252 g/mol. The smallest absolute Gasteiger partial charge is 0.172 e. The molecule has 0 radical (unpaired) electrons. The second-order valence-corrected chi connectivity index (χ2v) is 4.52. The van der Waals surface area contributed by atoms with Gasteiger partial charge in [0.25, 0.3) is 0 Å². The van der Waals surface area contributed by atoms with Crippen LogP contribution in [0.15, 0.2) is 10.8 Å². The maximum atomic E-state index is 5.74. The summed E-state index contributed by atoms with van der Waals surface area (Å²) < 4.78 is 11.3. The van der Waals surface area contributed by atoms with Gasteiger partial charge in [-0.2, -0.15) is 0 Å². The maximum absolute atomic E-state index is 5.74. The molecule has 1 unspecified atom stereocenters. The van der Waals surface area contributed by atoms with Gasteiger partial charge in [0.05, 0.1) is 0 Å². The predicted molar refractivity (Wildman–Crippen MR) is 57.3 cm³/mol. The van der Waals surface area contributed by atoms with Crippen LogP contribution < -0.4 is 9.47 Å². The van der Waals surface area contributed by atoms with E-state index in [4.69, 9.17) is 9.47 Å². The van der Waals surface area contributed by atoms with Gasteiger partial charge in [0.1, 0.15) is 12.7 Å². The Morgan fingerprint density at radius 2 is 2.31 bits per heavy atom. The molecule has 1 aromatic rings. The summed E-state index contributed by atoms with van der Waals surface area (Å²) in [6.45, 7) is 0.691. The van der Waals surface area contributed by atoms with Crippen molar-refractivity contribution in [2.24, 2.45) is 0 Å². The first-order valence-electron chi connectivity index (χ1n) is 4.32. The van der Waals surface area contributed by atoms with Crippen molar-refractivity contribution in [3.05, 3.63) is 10.8 Å². The fourth-order valence-corrected chi connectivity index (χ4v) is 2.30. The van der Waals surface area contributed by atoms with Crippen molar-refractivity contribution in [2.75, 3.05) is 11.9 Å². The highest BCUT2D eigenvalue weighted by Crippen LogP contribution is 2.35. The third kappa shape index (κ3) is 2.17. The van der Waals surface area contributed by atoms with Crippen molar-refractivity contribution in [1.29, 1.82) is 0 Å². The van der Waals surface area contributed by atoms with Crippen molar-refractivity contribution < 1.29 is 9.47 Å². The predicted octanol–water partition coefficient (Wildman–Crippen LogP) is 3.06. The Morgan fingerprint density at radius 1 is 1.46 bits per heavy atom. The third-order valence-electron chi connectivity index (χ3n) is 1.97. The minimum Gasteiger partial charge on any atom is -0.485 e. The van der Waals surface area contributed by atoms with Crippen LogP contribution in [-0.4, -0.2) is 18.0 Å². The van der Waals surface area contributed by atoms with Gasteiger partial charge in [0.15, 0.2) is 11.5 Å². The molecule has 1 atom stereocenters. The zero-order chi connectivity index (χ0) is 9.10. The topological polar surface area (TPSA) is 18.5 Å². The molecule has 0 aliphatic carbocycles. The Balaban J connectivity index is 1.93. The largest absolute Gasteiger partial charge is 0.485 e. The number of fused-ring (bicyclic) bond motifs is 1. The summed E-state index contributed by atoms with van der Waals surface area (Å²) in [7, 11) is 0. The first kappa shape index (κ1) is 9.34. The Hall–Kier alpha value is -0.220. The van der Waals surface area contributed by atoms with Gasteiger partial charge in [0, 0.05) is 16.1 Å². The lowest BCUT2D eigenvalue weighted by molar-refractivity contribution is 0.0860. The van der Waals surface area contributed by atoms with Crippen molar-refractivity contribution in [3.63, 3.8) is 0 Å². The van der Waals surface area contributed by atoms with Crippen LogP contribution in [0.2, 0.25) is 0 Å². The van der Waals surface area contributed by atoms with E-state index in [0.717, 1.165) is 29.7 Å². The van der Waals surface area contributed by atoms with E-state index in [1.54, 1.807) is 11.3 Å². The number of thiophene rings is 1. The van der Waals surface area contributed by atoms with E-state index in [2.05, 4.69) is 15.9 Å². The monoisotopic (exact) mass is 262 g/mol. The van der Waals surface area contributed by atoms with E-state index in [0.29, 0.717) is 6.61 Å². The quantitative estimate of drug-likeness (QED) is 0.780. The lowest BCUT2D eigenvalue weighted by Crippen LogP contribution is -2.28. The second kappa shape index (κ2) is 4.33. The van der Waals surface area contributed by atoms with Crippen LogP contribution in [0.5, 0.6) is 11.5 Å². The van der Waals surface area contributed by atoms with Gasteiger partial charge in [-0.15, -0.1) is 11.3 Å². The molecule has 0 spiro atoms. The molecule has 13 heavy (non-hydrogen) atoms. The Kier molecular flexibility index (Phi) is 3.11. The Labute approximate surface area is 90.0 Å². The first-order valence-corrected chi connectivity index (χ1v) is 6.38. The molecule has 2 heterocycles. The van der Waals surface area contributed by atoms with Crippen LogP contribution in [0.3, 0.4) is 0 Å². The number of halogens is 1. The van der Waals surface area contributed by atoms with Gasteiger partial charge in [-0.3, -0.25) is 0 Å². The SMILES string of the molecule is BrCCCC1COc2cscc2O1. The number of ether oxygens (including phenoxy) is 2. The number of hydrogen-bond donors (Lipinski definition) is 0. The molecule has 0 bridgehead atoms. The molecule has 1 aliphatic rings. The molecule has 0 N–H and O–H groups in total. The standard InChI is InChI=1S/C9H11BrO2S/c10-3-1-2-7-4-11-8-5-13-6-9(8)12-7/h5-7H,1-4H2. The lowest BCUT2D eigenvalue weighted by Gasteiger charge is -2.24. The summed E-state index contributed by atoms with van der Waals surface area (Å²) in [4.78, 5) is 0. The molecule has 0 aromatic carbocycles. The summed E-state index contributed by atoms with van der Waals surface area (Å²) in [5.74, 6) is 1.82. The maximum Gasteiger partial charge on any atom is 0.172 e. The summed E-state index contributed by atoms with van der Waals surface area (Å²) in [5.41, 5.74) is 0. The van der Waals surface area contributed by atoms with Gasteiger partial charge < -0.3 is 9.47 Å². The molecule has 0 amide bonds. The fourth-order valence-electron chi connectivity index (χ4n) is 1.31. The van der Waals surface area contributed by atoms with Gasteiger partial charge in [-0.1, -0.05) is 15.9 Å². The van der Waals surface area contributed by atoms with Crippen molar-refractivity contribution >= 4 is 27.3 Å². The molecule has 4 heteroatoms. The van der Waals surface area contributed by atoms with Crippen molar-refractivity contribution in [1.82, 2.24) is 0 Å². The zero-order valence-corrected chi connectivity index (χ0v) is 9.57. The first-order chi connectivity index (χ1) is 6.40. The highest BCUT2D eigenvalue weighted by molar-refractivity contribution is 9.09. The minimum atomic E-state index is 0.236.